The van der Waals surface area contributed by atoms with Crippen molar-refractivity contribution in [3.8, 4) is 0 Å². The Bertz CT molecular complexity index is 1130. The van der Waals surface area contributed by atoms with Crippen molar-refractivity contribution in [3.63, 3.8) is 0 Å². The van der Waals surface area contributed by atoms with Crippen LogP contribution in [0.4, 0.5) is 9.59 Å². The summed E-state index contributed by atoms with van der Waals surface area (Å²) in [5.41, 5.74) is 2.91. The van der Waals surface area contributed by atoms with Crippen LogP contribution in [0.1, 0.15) is 73.0 Å². The zero-order valence-electron chi connectivity index (χ0n) is 22.9. The van der Waals surface area contributed by atoms with Crippen LogP contribution in [-0.4, -0.2) is 60.3 Å². The highest BCUT2D eigenvalue weighted by molar-refractivity contribution is 5.89. The lowest BCUT2D eigenvalue weighted by Gasteiger charge is -2.28. The van der Waals surface area contributed by atoms with E-state index in [9.17, 15) is 14.4 Å². The smallest absolute Gasteiger partial charge is 0.410 e. The number of rotatable bonds is 9. The van der Waals surface area contributed by atoms with Crippen LogP contribution in [-0.2, 0) is 27.4 Å². The first-order valence-corrected chi connectivity index (χ1v) is 13.2. The highest BCUT2D eigenvalue weighted by Gasteiger charge is 2.47. The maximum absolute atomic E-state index is 12.8. The van der Waals surface area contributed by atoms with Gasteiger partial charge in [0, 0.05) is 32.1 Å². The molecule has 0 spiro atoms. The van der Waals surface area contributed by atoms with E-state index >= 15 is 0 Å². The largest absolute Gasteiger partial charge is 0.465 e. The molecule has 2 atom stereocenters. The molecule has 0 saturated heterocycles. The number of nitrogens with zero attached hydrogens (tertiary/aromatic N) is 2. The summed E-state index contributed by atoms with van der Waals surface area (Å²) in [5.74, 6) is 0.499. The van der Waals surface area contributed by atoms with Gasteiger partial charge in [-0.25, -0.2) is 14.4 Å². The van der Waals surface area contributed by atoms with Crippen molar-refractivity contribution in [2.45, 2.75) is 70.7 Å². The van der Waals surface area contributed by atoms with Crippen LogP contribution in [0.2, 0.25) is 0 Å². The molecular formula is C30H38N2O6. The molecule has 0 N–H and O–H groups in total. The second-order valence-corrected chi connectivity index (χ2v) is 11.3. The van der Waals surface area contributed by atoms with Crippen LogP contribution in [0.5, 0.6) is 0 Å². The highest BCUT2D eigenvalue weighted by atomic mass is 16.6. The molecule has 2 aliphatic carbocycles. The van der Waals surface area contributed by atoms with E-state index in [1.54, 1.807) is 31.3 Å². The molecule has 2 aromatic rings. The Kier molecular flexibility index (Phi) is 8.29. The number of carbonyl (C=O) groups is 3. The van der Waals surface area contributed by atoms with Gasteiger partial charge >= 0.3 is 18.2 Å². The number of ether oxygens (including phenoxy) is 3. The normalized spacial score (nSPS) is 18.3. The first-order valence-electron chi connectivity index (χ1n) is 13.2. The molecule has 4 rings (SSSR count). The van der Waals surface area contributed by atoms with Gasteiger partial charge in [-0.1, -0.05) is 36.4 Å². The molecule has 8 heteroatoms. The van der Waals surface area contributed by atoms with Crippen molar-refractivity contribution in [3.05, 3.63) is 70.8 Å². The van der Waals surface area contributed by atoms with Crippen molar-refractivity contribution in [2.75, 3.05) is 20.7 Å². The third-order valence-corrected chi connectivity index (χ3v) is 6.81. The third-order valence-electron chi connectivity index (χ3n) is 6.81. The van der Waals surface area contributed by atoms with Crippen LogP contribution in [0.15, 0.2) is 48.5 Å². The van der Waals surface area contributed by atoms with Gasteiger partial charge in [0.1, 0.15) is 12.2 Å². The predicted octanol–water partition coefficient (Wildman–Crippen LogP) is 5.74. The number of hydrogen-bond acceptors (Lipinski definition) is 6. The van der Waals surface area contributed by atoms with E-state index < -0.39 is 17.7 Å². The maximum atomic E-state index is 12.8. The highest BCUT2D eigenvalue weighted by Crippen LogP contribution is 2.46. The molecule has 0 aliphatic heterocycles. The SMILES string of the molecule is COC(=O)c1ccc(CN(C)C(=O)OCc2ccc(C3CC3N(CC3CC3)C(=O)OC(C)(C)C)cc2)cc1. The van der Waals surface area contributed by atoms with E-state index in [1.807, 2.05) is 37.8 Å². The molecule has 2 fully saturated rings. The van der Waals surface area contributed by atoms with E-state index in [2.05, 4.69) is 12.1 Å². The van der Waals surface area contributed by atoms with Gasteiger partial charge in [-0.3, -0.25) is 0 Å². The summed E-state index contributed by atoms with van der Waals surface area (Å²) in [5, 5.41) is 0. The van der Waals surface area contributed by atoms with Gasteiger partial charge in [0.25, 0.3) is 0 Å². The predicted molar refractivity (Wildman–Crippen MR) is 143 cm³/mol. The lowest BCUT2D eigenvalue weighted by atomic mass is 10.1. The van der Waals surface area contributed by atoms with Crippen molar-refractivity contribution >= 4 is 18.2 Å². The lowest BCUT2D eigenvalue weighted by molar-refractivity contribution is 0.0220. The minimum Gasteiger partial charge on any atom is -0.465 e. The average molecular weight is 523 g/mol. The second kappa shape index (κ2) is 11.5. The summed E-state index contributed by atoms with van der Waals surface area (Å²) in [6, 6.07) is 15.2. The Labute approximate surface area is 224 Å². The van der Waals surface area contributed by atoms with Gasteiger partial charge in [-0.2, -0.15) is 0 Å². The summed E-state index contributed by atoms with van der Waals surface area (Å²) in [6.07, 6.45) is 2.65. The Morgan fingerprint density at radius 1 is 0.921 bits per heavy atom. The fourth-order valence-electron chi connectivity index (χ4n) is 4.45. The fourth-order valence-corrected chi connectivity index (χ4v) is 4.45. The number of amides is 2. The molecule has 0 radical (unpaired) electrons. The van der Waals surface area contributed by atoms with Crippen LogP contribution < -0.4 is 0 Å². The van der Waals surface area contributed by atoms with Gasteiger partial charge in [-0.05, 0) is 74.8 Å². The van der Waals surface area contributed by atoms with E-state index in [4.69, 9.17) is 14.2 Å². The van der Waals surface area contributed by atoms with E-state index in [-0.39, 0.29) is 18.7 Å². The van der Waals surface area contributed by atoms with Crippen LogP contribution >= 0.6 is 0 Å². The molecule has 0 heterocycles. The molecule has 38 heavy (non-hydrogen) atoms. The number of hydrogen-bond donors (Lipinski definition) is 0. The quantitative estimate of drug-likeness (QED) is 0.308. The first-order chi connectivity index (χ1) is 18.0. The molecule has 204 valence electrons. The fraction of sp³-hybridized carbons (Fsp3) is 0.500. The summed E-state index contributed by atoms with van der Waals surface area (Å²) in [4.78, 5) is 40.3. The minimum atomic E-state index is -0.508. The number of methoxy groups -OCH3 is 1. The Morgan fingerprint density at radius 2 is 1.55 bits per heavy atom. The first kappa shape index (κ1) is 27.5. The van der Waals surface area contributed by atoms with Gasteiger partial charge in [-0.15, -0.1) is 0 Å². The summed E-state index contributed by atoms with van der Waals surface area (Å²) >= 11 is 0. The van der Waals surface area contributed by atoms with E-state index in [0.29, 0.717) is 23.9 Å². The van der Waals surface area contributed by atoms with E-state index in [0.717, 1.165) is 24.1 Å². The second-order valence-electron chi connectivity index (χ2n) is 11.3. The van der Waals surface area contributed by atoms with Crippen molar-refractivity contribution in [2.24, 2.45) is 5.92 Å². The van der Waals surface area contributed by atoms with Crippen LogP contribution in [0.3, 0.4) is 0 Å². The number of esters is 1. The molecule has 0 aromatic heterocycles. The molecular weight excluding hydrogens is 484 g/mol. The van der Waals surface area contributed by atoms with Gasteiger partial charge < -0.3 is 24.0 Å². The van der Waals surface area contributed by atoms with Crippen LogP contribution in [0, 0.1) is 5.92 Å². The van der Waals surface area contributed by atoms with Gasteiger partial charge in [0.05, 0.1) is 12.7 Å². The molecule has 2 aliphatic rings. The van der Waals surface area contributed by atoms with Crippen molar-refractivity contribution in [1.82, 2.24) is 9.80 Å². The molecule has 2 saturated carbocycles. The summed E-state index contributed by atoms with van der Waals surface area (Å²) in [7, 11) is 3.01. The maximum Gasteiger partial charge on any atom is 0.410 e. The topological polar surface area (TPSA) is 85.4 Å². The van der Waals surface area contributed by atoms with Crippen molar-refractivity contribution in [1.29, 1.82) is 0 Å². The van der Waals surface area contributed by atoms with Crippen molar-refractivity contribution < 1.29 is 28.6 Å². The monoisotopic (exact) mass is 522 g/mol. The van der Waals surface area contributed by atoms with Gasteiger partial charge in [0.2, 0.25) is 0 Å². The summed E-state index contributed by atoms with van der Waals surface area (Å²) < 4.78 is 15.9. The third kappa shape index (κ3) is 7.49. The number of benzene rings is 2. The molecule has 2 unspecified atom stereocenters. The minimum absolute atomic E-state index is 0.171. The zero-order valence-corrected chi connectivity index (χ0v) is 22.9. The Balaban J connectivity index is 1.26. The molecule has 2 amide bonds. The average Bonchev–Trinajstić information content (AvgIpc) is 3.80. The zero-order chi connectivity index (χ0) is 27.4. The number of carbonyl (C=O) groups excluding carboxylic acids is 3. The van der Waals surface area contributed by atoms with E-state index in [1.165, 1.54) is 30.4 Å². The Hall–Kier alpha value is -3.55. The molecule has 0 bridgehead atoms. The summed E-state index contributed by atoms with van der Waals surface area (Å²) in [6.45, 7) is 7.00. The Morgan fingerprint density at radius 3 is 2.13 bits per heavy atom. The molecule has 2 aromatic carbocycles. The molecule has 8 nitrogen and oxygen atoms in total. The lowest BCUT2D eigenvalue weighted by Crippen LogP contribution is -2.40. The van der Waals surface area contributed by atoms with Crippen LogP contribution in [0.25, 0.3) is 0 Å². The standard InChI is InChI=1S/C30H38N2O6/c1-30(2,3)38-29(35)32(18-21-6-7-21)26-16-25(26)23-12-10-22(11-13-23)19-37-28(34)31(4)17-20-8-14-24(15-9-20)27(33)36-5/h8-15,21,25-26H,6-7,16-19H2,1-5H3. The van der Waals surface area contributed by atoms with Gasteiger partial charge in [0.15, 0.2) is 0 Å².